The molecule has 0 bridgehead atoms. The van der Waals surface area contributed by atoms with E-state index in [1.54, 1.807) is 36.2 Å². The first-order valence-corrected chi connectivity index (χ1v) is 7.31. The van der Waals surface area contributed by atoms with Crippen LogP contribution in [-0.2, 0) is 0 Å². The van der Waals surface area contributed by atoms with Crippen LogP contribution >= 0.6 is 27.3 Å². The number of oxime groups is 1. The van der Waals surface area contributed by atoms with Crippen molar-refractivity contribution in [3.63, 3.8) is 0 Å². The van der Waals surface area contributed by atoms with Crippen LogP contribution in [0.25, 0.3) is 0 Å². The third-order valence-electron chi connectivity index (χ3n) is 2.77. The number of rotatable bonds is 3. The van der Waals surface area contributed by atoms with E-state index < -0.39 is 0 Å². The minimum atomic E-state index is -0.0941. The van der Waals surface area contributed by atoms with Crippen molar-refractivity contribution >= 4 is 44.7 Å². The van der Waals surface area contributed by atoms with Crippen molar-refractivity contribution < 1.29 is 10.0 Å². The van der Waals surface area contributed by atoms with Gasteiger partial charge in [-0.3, -0.25) is 4.79 Å². The van der Waals surface area contributed by atoms with Gasteiger partial charge in [0.15, 0.2) is 5.84 Å². The standard InChI is InChI=1S/C13H12BrN3O2S/c1-17(13(18)11-10(14)6-7-20-11)9-4-2-8(3-5-9)12(15)16-19/h2-7,19H,1H3,(H2,15,16). The van der Waals surface area contributed by atoms with Crippen LogP contribution < -0.4 is 10.6 Å². The Hall–Kier alpha value is -1.86. The average molecular weight is 354 g/mol. The zero-order valence-electron chi connectivity index (χ0n) is 10.6. The molecule has 1 amide bonds. The van der Waals surface area contributed by atoms with Crippen LogP contribution in [0.15, 0.2) is 45.3 Å². The Morgan fingerprint density at radius 3 is 2.50 bits per heavy atom. The molecule has 20 heavy (non-hydrogen) atoms. The van der Waals surface area contributed by atoms with Gasteiger partial charge in [0.05, 0.1) is 0 Å². The van der Waals surface area contributed by atoms with Gasteiger partial charge in [-0.15, -0.1) is 11.3 Å². The van der Waals surface area contributed by atoms with E-state index >= 15 is 0 Å². The van der Waals surface area contributed by atoms with Crippen LogP contribution in [-0.4, -0.2) is 24.0 Å². The highest BCUT2D eigenvalue weighted by molar-refractivity contribution is 9.10. The Bertz CT molecular complexity index is 652. The van der Waals surface area contributed by atoms with Gasteiger partial charge in [-0.05, 0) is 51.6 Å². The number of amides is 1. The maximum Gasteiger partial charge on any atom is 0.269 e. The number of carbonyl (C=O) groups excluding carboxylic acids is 1. The molecule has 1 aromatic heterocycles. The average Bonchev–Trinajstić information content (AvgIpc) is 2.91. The zero-order chi connectivity index (χ0) is 14.7. The first-order chi connectivity index (χ1) is 9.54. The van der Waals surface area contributed by atoms with Gasteiger partial charge in [-0.2, -0.15) is 0 Å². The predicted octanol–water partition coefficient (Wildman–Crippen LogP) is 2.88. The van der Waals surface area contributed by atoms with Gasteiger partial charge < -0.3 is 15.8 Å². The smallest absolute Gasteiger partial charge is 0.269 e. The Kier molecular flexibility index (Phi) is 4.41. The molecule has 0 saturated heterocycles. The van der Waals surface area contributed by atoms with Gasteiger partial charge >= 0.3 is 0 Å². The molecule has 2 rings (SSSR count). The summed E-state index contributed by atoms with van der Waals surface area (Å²) in [4.78, 5) is 14.5. The molecule has 0 fully saturated rings. The molecule has 0 aliphatic carbocycles. The van der Waals surface area contributed by atoms with Crippen LogP contribution in [0.4, 0.5) is 5.69 Å². The fourth-order valence-electron chi connectivity index (χ4n) is 1.63. The Morgan fingerprint density at radius 1 is 1.35 bits per heavy atom. The van der Waals surface area contributed by atoms with Crippen molar-refractivity contribution in [3.8, 4) is 0 Å². The van der Waals surface area contributed by atoms with Crippen molar-refractivity contribution in [2.75, 3.05) is 11.9 Å². The molecule has 104 valence electrons. The van der Waals surface area contributed by atoms with E-state index in [0.717, 1.165) is 10.2 Å². The summed E-state index contributed by atoms with van der Waals surface area (Å²) in [5, 5.41) is 13.4. The van der Waals surface area contributed by atoms with E-state index in [4.69, 9.17) is 10.9 Å². The molecule has 0 atom stereocenters. The Morgan fingerprint density at radius 2 is 2.00 bits per heavy atom. The van der Waals surface area contributed by atoms with Gasteiger partial charge in [0.2, 0.25) is 0 Å². The minimum absolute atomic E-state index is 0.0338. The second-order valence-electron chi connectivity index (χ2n) is 3.99. The fraction of sp³-hybridized carbons (Fsp3) is 0.0769. The summed E-state index contributed by atoms with van der Waals surface area (Å²) in [6.07, 6.45) is 0. The number of hydrogen-bond donors (Lipinski definition) is 2. The highest BCUT2D eigenvalue weighted by atomic mass is 79.9. The molecule has 0 spiro atoms. The number of hydrogen-bond acceptors (Lipinski definition) is 4. The monoisotopic (exact) mass is 353 g/mol. The zero-order valence-corrected chi connectivity index (χ0v) is 13.0. The number of anilines is 1. The predicted molar refractivity (Wildman–Crippen MR) is 83.7 cm³/mol. The summed E-state index contributed by atoms with van der Waals surface area (Å²) >= 11 is 4.73. The van der Waals surface area contributed by atoms with Crippen LogP contribution in [0.1, 0.15) is 15.2 Å². The highest BCUT2D eigenvalue weighted by Crippen LogP contribution is 2.26. The first kappa shape index (κ1) is 14.5. The maximum absolute atomic E-state index is 12.3. The number of thiophene rings is 1. The van der Waals surface area contributed by atoms with E-state index in [0.29, 0.717) is 10.4 Å². The van der Waals surface area contributed by atoms with Gasteiger partial charge in [-0.1, -0.05) is 5.16 Å². The highest BCUT2D eigenvalue weighted by Gasteiger charge is 2.17. The normalized spacial score (nSPS) is 11.4. The summed E-state index contributed by atoms with van der Waals surface area (Å²) in [5.41, 5.74) is 6.81. The fourth-order valence-corrected chi connectivity index (χ4v) is 3.15. The van der Waals surface area contributed by atoms with Crippen LogP contribution in [0.5, 0.6) is 0 Å². The van der Waals surface area contributed by atoms with Gasteiger partial charge in [-0.25, -0.2) is 0 Å². The molecule has 0 aliphatic heterocycles. The first-order valence-electron chi connectivity index (χ1n) is 5.63. The third-order valence-corrected chi connectivity index (χ3v) is 4.60. The molecule has 2 aromatic rings. The van der Waals surface area contributed by atoms with Crippen molar-refractivity contribution in [1.82, 2.24) is 0 Å². The molecule has 7 heteroatoms. The van der Waals surface area contributed by atoms with Crippen molar-refractivity contribution in [3.05, 3.63) is 50.6 Å². The number of amidine groups is 1. The molecule has 0 aliphatic rings. The summed E-state index contributed by atoms with van der Waals surface area (Å²) < 4.78 is 0.785. The van der Waals surface area contributed by atoms with E-state index in [-0.39, 0.29) is 11.7 Å². The lowest BCUT2D eigenvalue weighted by atomic mass is 10.2. The molecule has 5 nitrogen and oxygen atoms in total. The number of carbonyl (C=O) groups is 1. The topological polar surface area (TPSA) is 78.9 Å². The minimum Gasteiger partial charge on any atom is -0.409 e. The lowest BCUT2D eigenvalue weighted by Crippen LogP contribution is -2.25. The van der Waals surface area contributed by atoms with E-state index in [1.807, 2.05) is 11.4 Å². The molecule has 1 heterocycles. The second kappa shape index (κ2) is 6.06. The van der Waals surface area contributed by atoms with Gasteiger partial charge in [0.1, 0.15) is 4.88 Å². The SMILES string of the molecule is CN(C(=O)c1sccc1Br)c1ccc(C(N)=NO)cc1. The van der Waals surface area contributed by atoms with Crippen molar-refractivity contribution in [2.24, 2.45) is 10.9 Å². The molecule has 3 N–H and O–H groups in total. The Balaban J connectivity index is 2.24. The van der Waals surface area contributed by atoms with Gasteiger partial charge in [0, 0.05) is 22.8 Å². The number of halogens is 1. The lowest BCUT2D eigenvalue weighted by molar-refractivity contribution is 0.0996. The lowest BCUT2D eigenvalue weighted by Gasteiger charge is -2.17. The van der Waals surface area contributed by atoms with Crippen LogP contribution in [0.2, 0.25) is 0 Å². The molecule has 0 saturated carbocycles. The van der Waals surface area contributed by atoms with E-state index in [9.17, 15) is 4.79 Å². The summed E-state index contributed by atoms with van der Waals surface area (Å²) in [7, 11) is 1.70. The van der Waals surface area contributed by atoms with Crippen molar-refractivity contribution in [2.45, 2.75) is 0 Å². The Labute approximate surface area is 128 Å². The number of nitrogens with two attached hydrogens (primary N) is 1. The molecule has 0 radical (unpaired) electrons. The van der Waals surface area contributed by atoms with Crippen LogP contribution in [0, 0.1) is 0 Å². The third kappa shape index (κ3) is 2.83. The summed E-state index contributed by atoms with van der Waals surface area (Å²) in [6, 6.07) is 8.71. The van der Waals surface area contributed by atoms with Crippen molar-refractivity contribution in [1.29, 1.82) is 0 Å². The van der Waals surface area contributed by atoms with Gasteiger partial charge in [0.25, 0.3) is 5.91 Å². The summed E-state index contributed by atoms with van der Waals surface area (Å²) in [5.74, 6) is -0.0602. The van der Waals surface area contributed by atoms with E-state index in [2.05, 4.69) is 21.1 Å². The molecule has 1 aromatic carbocycles. The number of benzene rings is 1. The molecular weight excluding hydrogens is 342 g/mol. The maximum atomic E-state index is 12.3. The quantitative estimate of drug-likeness (QED) is 0.385. The number of nitrogens with zero attached hydrogens (tertiary/aromatic N) is 2. The van der Waals surface area contributed by atoms with E-state index in [1.165, 1.54) is 11.3 Å². The largest absolute Gasteiger partial charge is 0.409 e. The second-order valence-corrected chi connectivity index (χ2v) is 5.76. The van der Waals surface area contributed by atoms with Crippen LogP contribution in [0.3, 0.4) is 0 Å². The molecular formula is C13H12BrN3O2S. The molecule has 0 unspecified atom stereocenters. The summed E-state index contributed by atoms with van der Waals surface area (Å²) in [6.45, 7) is 0.